The van der Waals surface area contributed by atoms with Crippen LogP contribution in [-0.2, 0) is 0 Å². The molecule has 0 saturated heterocycles. The molecule has 0 spiro atoms. The van der Waals surface area contributed by atoms with Crippen LogP contribution in [0.5, 0.6) is 0 Å². The van der Waals surface area contributed by atoms with Crippen molar-refractivity contribution in [3.05, 3.63) is 53.9 Å². The average Bonchev–Trinajstić information content (AvgIpc) is 2.47. The van der Waals surface area contributed by atoms with E-state index in [1.807, 2.05) is 38.1 Å². The summed E-state index contributed by atoms with van der Waals surface area (Å²) in [5.41, 5.74) is 3.41. The molecular formula is C16H19N3O. The van der Waals surface area contributed by atoms with E-state index in [0.29, 0.717) is 5.56 Å². The molecule has 0 bridgehead atoms. The molecule has 0 aliphatic heterocycles. The van der Waals surface area contributed by atoms with Crippen LogP contribution in [0.3, 0.4) is 0 Å². The van der Waals surface area contributed by atoms with Crippen LogP contribution < -0.4 is 10.2 Å². The minimum atomic E-state index is -0.0473. The Morgan fingerprint density at radius 2 is 2.15 bits per heavy atom. The van der Waals surface area contributed by atoms with Gasteiger partial charge in [0.15, 0.2) is 0 Å². The monoisotopic (exact) mass is 269 g/mol. The number of rotatable bonds is 4. The van der Waals surface area contributed by atoms with Gasteiger partial charge >= 0.3 is 0 Å². The van der Waals surface area contributed by atoms with Crippen molar-refractivity contribution in [2.24, 2.45) is 0 Å². The largest absolute Gasteiger partial charge is 0.383 e. The summed E-state index contributed by atoms with van der Waals surface area (Å²) < 4.78 is 0. The number of nitrogens with one attached hydrogen (secondary N) is 1. The van der Waals surface area contributed by atoms with Gasteiger partial charge in [-0.3, -0.25) is 9.78 Å². The van der Waals surface area contributed by atoms with E-state index in [-0.39, 0.29) is 5.91 Å². The van der Waals surface area contributed by atoms with Crippen LogP contribution in [0.2, 0.25) is 0 Å². The number of amides is 1. The molecule has 0 unspecified atom stereocenters. The van der Waals surface area contributed by atoms with Gasteiger partial charge in [0.05, 0.1) is 17.4 Å². The van der Waals surface area contributed by atoms with E-state index in [2.05, 4.69) is 10.3 Å². The zero-order chi connectivity index (χ0) is 14.5. The Balaban J connectivity index is 2.31. The van der Waals surface area contributed by atoms with Gasteiger partial charge < -0.3 is 10.2 Å². The Morgan fingerprint density at radius 1 is 1.35 bits per heavy atom. The number of hydrogen-bond acceptors (Lipinski definition) is 3. The second-order valence-electron chi connectivity index (χ2n) is 4.65. The molecule has 20 heavy (non-hydrogen) atoms. The Hall–Kier alpha value is -2.36. The van der Waals surface area contributed by atoms with Gasteiger partial charge in [-0.05, 0) is 37.6 Å². The van der Waals surface area contributed by atoms with E-state index in [1.54, 1.807) is 30.4 Å². The molecule has 1 heterocycles. The van der Waals surface area contributed by atoms with Crippen LogP contribution in [0, 0.1) is 6.92 Å². The molecule has 4 nitrogen and oxygen atoms in total. The van der Waals surface area contributed by atoms with Gasteiger partial charge in [-0.1, -0.05) is 12.1 Å². The summed E-state index contributed by atoms with van der Waals surface area (Å²) in [6.45, 7) is 4.75. The summed E-state index contributed by atoms with van der Waals surface area (Å²) in [5.74, 6) is -0.0473. The standard InChI is InChI=1S/C16H19N3O/c1-4-18-15-11-17-9-8-14(15)16(20)19(3)13-7-5-6-12(2)10-13/h5-11,18H,4H2,1-3H3. The lowest BCUT2D eigenvalue weighted by Crippen LogP contribution is -2.27. The van der Waals surface area contributed by atoms with Crippen molar-refractivity contribution in [1.29, 1.82) is 0 Å². The Labute approximate surface area is 119 Å². The minimum absolute atomic E-state index is 0.0473. The van der Waals surface area contributed by atoms with E-state index in [9.17, 15) is 4.79 Å². The van der Waals surface area contributed by atoms with Crippen LogP contribution in [0.15, 0.2) is 42.7 Å². The number of anilines is 2. The predicted molar refractivity (Wildman–Crippen MR) is 82.3 cm³/mol. The van der Waals surface area contributed by atoms with Crippen molar-refractivity contribution >= 4 is 17.3 Å². The van der Waals surface area contributed by atoms with Crippen molar-refractivity contribution in [3.8, 4) is 0 Å². The quantitative estimate of drug-likeness (QED) is 0.927. The molecule has 0 aliphatic carbocycles. The number of carbonyl (C=O) groups is 1. The number of aromatic nitrogens is 1. The summed E-state index contributed by atoms with van der Waals surface area (Å²) in [5, 5.41) is 3.16. The van der Waals surface area contributed by atoms with Crippen molar-refractivity contribution in [2.75, 3.05) is 23.8 Å². The fraction of sp³-hybridized carbons (Fsp3) is 0.250. The van der Waals surface area contributed by atoms with Gasteiger partial charge in [0.2, 0.25) is 0 Å². The van der Waals surface area contributed by atoms with Crippen LogP contribution >= 0.6 is 0 Å². The maximum Gasteiger partial charge on any atom is 0.260 e. The first-order chi connectivity index (χ1) is 9.63. The highest BCUT2D eigenvalue weighted by Crippen LogP contribution is 2.20. The molecule has 2 rings (SSSR count). The zero-order valence-corrected chi connectivity index (χ0v) is 12.1. The lowest BCUT2D eigenvalue weighted by molar-refractivity contribution is 0.0993. The Morgan fingerprint density at radius 3 is 2.85 bits per heavy atom. The predicted octanol–water partition coefficient (Wildman–Crippen LogP) is 3.10. The fourth-order valence-electron chi connectivity index (χ4n) is 2.05. The third-order valence-corrected chi connectivity index (χ3v) is 3.11. The first kappa shape index (κ1) is 14.1. The minimum Gasteiger partial charge on any atom is -0.383 e. The van der Waals surface area contributed by atoms with E-state index in [0.717, 1.165) is 23.5 Å². The van der Waals surface area contributed by atoms with Crippen molar-refractivity contribution in [3.63, 3.8) is 0 Å². The van der Waals surface area contributed by atoms with Gasteiger partial charge in [-0.25, -0.2) is 0 Å². The van der Waals surface area contributed by atoms with Crippen LogP contribution in [-0.4, -0.2) is 24.5 Å². The first-order valence-corrected chi connectivity index (χ1v) is 6.66. The highest BCUT2D eigenvalue weighted by Gasteiger charge is 2.16. The lowest BCUT2D eigenvalue weighted by Gasteiger charge is -2.19. The van der Waals surface area contributed by atoms with Gasteiger partial charge in [0.25, 0.3) is 5.91 Å². The third kappa shape index (κ3) is 2.96. The number of benzene rings is 1. The molecule has 4 heteroatoms. The first-order valence-electron chi connectivity index (χ1n) is 6.66. The molecule has 2 aromatic rings. The maximum atomic E-state index is 12.6. The van der Waals surface area contributed by atoms with E-state index >= 15 is 0 Å². The summed E-state index contributed by atoms with van der Waals surface area (Å²) in [4.78, 5) is 18.3. The fourth-order valence-corrected chi connectivity index (χ4v) is 2.05. The third-order valence-electron chi connectivity index (χ3n) is 3.11. The Kier molecular flexibility index (Phi) is 4.35. The van der Waals surface area contributed by atoms with Crippen LogP contribution in [0.4, 0.5) is 11.4 Å². The van der Waals surface area contributed by atoms with E-state index in [1.165, 1.54) is 0 Å². The van der Waals surface area contributed by atoms with Crippen molar-refractivity contribution in [1.82, 2.24) is 4.98 Å². The van der Waals surface area contributed by atoms with Gasteiger partial charge in [-0.2, -0.15) is 0 Å². The normalized spacial score (nSPS) is 10.2. The van der Waals surface area contributed by atoms with Crippen molar-refractivity contribution < 1.29 is 4.79 Å². The molecule has 0 aliphatic rings. The molecular weight excluding hydrogens is 250 g/mol. The summed E-state index contributed by atoms with van der Waals surface area (Å²) in [6.07, 6.45) is 3.32. The summed E-state index contributed by atoms with van der Waals surface area (Å²) >= 11 is 0. The molecule has 0 fully saturated rings. The summed E-state index contributed by atoms with van der Waals surface area (Å²) in [7, 11) is 1.78. The number of hydrogen-bond donors (Lipinski definition) is 1. The van der Waals surface area contributed by atoms with Gasteiger partial charge in [-0.15, -0.1) is 0 Å². The smallest absolute Gasteiger partial charge is 0.260 e. The number of aryl methyl sites for hydroxylation is 1. The van der Waals surface area contributed by atoms with Crippen LogP contribution in [0.1, 0.15) is 22.8 Å². The van der Waals surface area contributed by atoms with Crippen molar-refractivity contribution in [2.45, 2.75) is 13.8 Å². The zero-order valence-electron chi connectivity index (χ0n) is 12.1. The lowest BCUT2D eigenvalue weighted by atomic mass is 10.1. The molecule has 0 radical (unpaired) electrons. The van der Waals surface area contributed by atoms with E-state index < -0.39 is 0 Å². The molecule has 1 amide bonds. The molecule has 1 aromatic carbocycles. The van der Waals surface area contributed by atoms with Crippen LogP contribution in [0.25, 0.3) is 0 Å². The Bertz CT molecular complexity index is 610. The number of carbonyl (C=O) groups excluding carboxylic acids is 1. The van der Waals surface area contributed by atoms with E-state index in [4.69, 9.17) is 0 Å². The second-order valence-corrected chi connectivity index (χ2v) is 4.65. The van der Waals surface area contributed by atoms with Gasteiger partial charge in [0, 0.05) is 25.5 Å². The van der Waals surface area contributed by atoms with Gasteiger partial charge in [0.1, 0.15) is 0 Å². The number of pyridine rings is 1. The SMILES string of the molecule is CCNc1cnccc1C(=O)N(C)c1cccc(C)c1. The molecule has 1 N–H and O–H groups in total. The molecule has 104 valence electrons. The highest BCUT2D eigenvalue weighted by molar-refractivity contribution is 6.09. The second kappa shape index (κ2) is 6.19. The molecule has 1 aromatic heterocycles. The molecule has 0 saturated carbocycles. The maximum absolute atomic E-state index is 12.6. The number of nitrogens with zero attached hydrogens (tertiary/aromatic N) is 2. The summed E-state index contributed by atoms with van der Waals surface area (Å²) in [6, 6.07) is 9.63. The highest BCUT2D eigenvalue weighted by atomic mass is 16.2. The average molecular weight is 269 g/mol. The molecule has 0 atom stereocenters. The topological polar surface area (TPSA) is 45.2 Å².